The van der Waals surface area contributed by atoms with Crippen LogP contribution in [0.2, 0.25) is 0 Å². The van der Waals surface area contributed by atoms with Gasteiger partial charge >= 0.3 is 0 Å². The van der Waals surface area contributed by atoms with E-state index in [1.165, 1.54) is 32.7 Å². The summed E-state index contributed by atoms with van der Waals surface area (Å²) < 4.78 is 0. The molecular weight excluding hydrogens is 348 g/mol. The van der Waals surface area contributed by atoms with Crippen LogP contribution in [-0.2, 0) is 0 Å². The third-order valence-corrected chi connectivity index (χ3v) is 7.36. The molecule has 1 aromatic rings. The molecule has 0 spiro atoms. The van der Waals surface area contributed by atoms with Crippen molar-refractivity contribution in [3.8, 4) is 0 Å². The Morgan fingerprint density at radius 3 is 2.24 bits per heavy atom. The van der Waals surface area contributed by atoms with Crippen molar-refractivity contribution in [2.24, 2.45) is 23.2 Å². The summed E-state index contributed by atoms with van der Waals surface area (Å²) >= 11 is 0. The largest absolute Gasteiger partial charge is 0.0801 e. The van der Waals surface area contributed by atoms with Crippen LogP contribution in [0.3, 0.4) is 0 Å². The monoisotopic (exact) mass is 384 g/mol. The van der Waals surface area contributed by atoms with Crippen molar-refractivity contribution in [2.45, 2.75) is 61.8 Å². The first kappa shape index (κ1) is 20.2. The maximum absolute atomic E-state index is 2.52. The summed E-state index contributed by atoms with van der Waals surface area (Å²) in [6.45, 7) is 19.1. The molecule has 0 bridgehead atoms. The van der Waals surface area contributed by atoms with Crippen LogP contribution in [0.5, 0.6) is 0 Å². The molecule has 0 N–H and O–H groups in total. The van der Waals surface area contributed by atoms with Crippen molar-refractivity contribution >= 4 is 11.6 Å². The lowest BCUT2D eigenvalue weighted by molar-refractivity contribution is 0.305. The standard InChI is InChI=1S/C29H36/c1-17(2)25-26-23-14-13-20(7)15-22(23)16-24(26)28(21-11-9-10-12-21)29(8,19(5)6)27(25)18(3)4/h9-11,13-19H,12H2,1-8H3. The first-order valence-corrected chi connectivity index (χ1v) is 11.4. The number of hydrogen-bond donors (Lipinski definition) is 0. The molecule has 152 valence electrons. The smallest absolute Gasteiger partial charge is 0.0174 e. The Balaban J connectivity index is 2.22. The van der Waals surface area contributed by atoms with Crippen LogP contribution in [0.25, 0.3) is 11.6 Å². The maximum Gasteiger partial charge on any atom is 0.0174 e. The number of aryl methyl sites for hydroxylation is 1. The van der Waals surface area contributed by atoms with E-state index in [0.717, 1.165) is 6.42 Å². The van der Waals surface area contributed by atoms with E-state index < -0.39 is 0 Å². The van der Waals surface area contributed by atoms with Gasteiger partial charge in [0.1, 0.15) is 0 Å². The molecule has 0 heterocycles. The van der Waals surface area contributed by atoms with E-state index in [1.807, 2.05) is 0 Å². The molecule has 3 aliphatic rings. The van der Waals surface area contributed by atoms with Gasteiger partial charge in [-0.05, 0) is 75.5 Å². The zero-order chi connectivity index (χ0) is 21.1. The van der Waals surface area contributed by atoms with Crippen LogP contribution >= 0.6 is 0 Å². The second kappa shape index (κ2) is 7.01. The van der Waals surface area contributed by atoms with Gasteiger partial charge in [-0.2, -0.15) is 0 Å². The first-order valence-electron chi connectivity index (χ1n) is 11.4. The van der Waals surface area contributed by atoms with E-state index >= 15 is 0 Å². The second-order valence-electron chi connectivity index (χ2n) is 10.2. The number of benzene rings is 1. The van der Waals surface area contributed by atoms with Gasteiger partial charge in [-0.3, -0.25) is 0 Å². The molecule has 0 aliphatic heterocycles. The molecule has 0 saturated heterocycles. The molecule has 1 unspecified atom stereocenters. The van der Waals surface area contributed by atoms with Crippen molar-refractivity contribution in [3.05, 3.63) is 80.3 Å². The summed E-state index contributed by atoms with van der Waals surface area (Å²) in [5.74, 6) is 1.57. The van der Waals surface area contributed by atoms with Crippen molar-refractivity contribution in [1.82, 2.24) is 0 Å². The number of allylic oxidation sites excluding steroid dienone is 8. The Morgan fingerprint density at radius 1 is 0.966 bits per heavy atom. The molecule has 3 aliphatic carbocycles. The molecule has 0 radical (unpaired) electrons. The van der Waals surface area contributed by atoms with E-state index in [-0.39, 0.29) is 5.41 Å². The fourth-order valence-corrected chi connectivity index (χ4v) is 5.97. The zero-order valence-electron chi connectivity index (χ0n) is 19.5. The van der Waals surface area contributed by atoms with Crippen molar-refractivity contribution in [3.63, 3.8) is 0 Å². The summed E-state index contributed by atoms with van der Waals surface area (Å²) in [6.07, 6.45) is 10.5. The van der Waals surface area contributed by atoms with Gasteiger partial charge in [0.25, 0.3) is 0 Å². The van der Waals surface area contributed by atoms with Gasteiger partial charge in [0.15, 0.2) is 0 Å². The third-order valence-electron chi connectivity index (χ3n) is 7.36. The molecule has 0 amide bonds. The minimum atomic E-state index is 0.0536. The molecule has 1 aromatic carbocycles. The van der Waals surface area contributed by atoms with Crippen LogP contribution in [-0.4, -0.2) is 0 Å². The number of rotatable bonds is 4. The maximum atomic E-state index is 2.52. The summed E-state index contributed by atoms with van der Waals surface area (Å²) in [5.41, 5.74) is 10.7. The Hall–Kier alpha value is -2.08. The van der Waals surface area contributed by atoms with Crippen LogP contribution in [0.4, 0.5) is 0 Å². The highest BCUT2D eigenvalue weighted by molar-refractivity contribution is 5.96. The highest BCUT2D eigenvalue weighted by Gasteiger charge is 2.46. The number of fused-ring (bicyclic) bond motifs is 2. The van der Waals surface area contributed by atoms with Crippen LogP contribution in [0.1, 0.15) is 60.5 Å². The molecule has 29 heavy (non-hydrogen) atoms. The number of hydrogen-bond acceptors (Lipinski definition) is 0. The van der Waals surface area contributed by atoms with E-state index in [1.54, 1.807) is 16.7 Å². The lowest BCUT2D eigenvalue weighted by Crippen LogP contribution is -2.37. The van der Waals surface area contributed by atoms with Gasteiger partial charge in [0, 0.05) is 5.41 Å². The van der Waals surface area contributed by atoms with Crippen LogP contribution in [0, 0.1) is 30.1 Å². The zero-order valence-corrected chi connectivity index (χ0v) is 19.5. The normalized spacial score (nSPS) is 23.4. The molecule has 4 rings (SSSR count). The SMILES string of the molecule is Cc1ccc2c(c1)=CC1=C(C3=CC=CC3)C(C)(C(C)C)C(C(C)C)=C(C(C)C)C=21. The Kier molecular flexibility index (Phi) is 4.88. The summed E-state index contributed by atoms with van der Waals surface area (Å²) in [6, 6.07) is 7.01. The quantitative estimate of drug-likeness (QED) is 0.563. The molecule has 0 saturated carbocycles. The van der Waals surface area contributed by atoms with Gasteiger partial charge in [-0.15, -0.1) is 0 Å². The minimum absolute atomic E-state index is 0.0536. The first-order chi connectivity index (χ1) is 13.7. The van der Waals surface area contributed by atoms with Crippen molar-refractivity contribution in [2.75, 3.05) is 0 Å². The van der Waals surface area contributed by atoms with E-state index in [0.29, 0.717) is 17.8 Å². The average molecular weight is 385 g/mol. The lowest BCUT2D eigenvalue weighted by Gasteiger charge is -2.48. The lowest BCUT2D eigenvalue weighted by atomic mass is 9.56. The van der Waals surface area contributed by atoms with Crippen LogP contribution in [0.15, 0.2) is 64.3 Å². The topological polar surface area (TPSA) is 0 Å². The fraction of sp³-hybridized carbons (Fsp3) is 0.448. The average Bonchev–Trinajstić information content (AvgIpc) is 3.27. The van der Waals surface area contributed by atoms with Gasteiger partial charge < -0.3 is 0 Å². The fourth-order valence-electron chi connectivity index (χ4n) is 5.97. The summed E-state index contributed by atoms with van der Waals surface area (Å²) in [7, 11) is 0. The van der Waals surface area contributed by atoms with E-state index in [2.05, 4.69) is 97.9 Å². The van der Waals surface area contributed by atoms with Gasteiger partial charge in [0.05, 0.1) is 0 Å². The summed E-state index contributed by atoms with van der Waals surface area (Å²) in [5, 5.41) is 2.83. The Labute approximate surface area is 177 Å². The van der Waals surface area contributed by atoms with Gasteiger partial charge in [-0.1, -0.05) is 96.0 Å². The highest BCUT2D eigenvalue weighted by Crippen LogP contribution is 2.58. The van der Waals surface area contributed by atoms with Crippen molar-refractivity contribution < 1.29 is 0 Å². The van der Waals surface area contributed by atoms with Gasteiger partial charge in [0.2, 0.25) is 0 Å². The minimum Gasteiger partial charge on any atom is -0.0801 e. The van der Waals surface area contributed by atoms with Gasteiger partial charge in [-0.25, -0.2) is 0 Å². The molecule has 0 heteroatoms. The third kappa shape index (κ3) is 2.87. The second-order valence-corrected chi connectivity index (χ2v) is 10.2. The van der Waals surface area contributed by atoms with E-state index in [4.69, 9.17) is 0 Å². The Bertz CT molecular complexity index is 1110. The van der Waals surface area contributed by atoms with Crippen LogP contribution < -0.4 is 10.4 Å². The molecule has 1 atom stereocenters. The van der Waals surface area contributed by atoms with Crippen molar-refractivity contribution in [1.29, 1.82) is 0 Å². The molecule has 0 aromatic heterocycles. The predicted octanol–water partition coefficient (Wildman–Crippen LogP) is 6.41. The Morgan fingerprint density at radius 2 is 1.69 bits per heavy atom. The molecular formula is C29H36. The highest BCUT2D eigenvalue weighted by atomic mass is 14.5. The molecule has 0 nitrogen and oxygen atoms in total. The molecule has 0 fully saturated rings. The predicted molar refractivity (Wildman–Crippen MR) is 127 cm³/mol. The van der Waals surface area contributed by atoms with E-state index in [9.17, 15) is 0 Å². The summed E-state index contributed by atoms with van der Waals surface area (Å²) in [4.78, 5) is 0.